The number of hydrogen-bond acceptors (Lipinski definition) is 6. The maximum Gasteiger partial charge on any atom is 0.231 e. The van der Waals surface area contributed by atoms with Gasteiger partial charge in [0.2, 0.25) is 6.79 Å². The average molecular weight is 323 g/mol. The zero-order valence-electron chi connectivity index (χ0n) is 13.7. The maximum atomic E-state index is 10.2. The number of hydrogen-bond donors (Lipinski definition) is 1. The number of ether oxygens (including phenoxy) is 4. The Morgan fingerprint density at radius 3 is 2.74 bits per heavy atom. The highest BCUT2D eigenvalue weighted by Gasteiger charge is 2.23. The van der Waals surface area contributed by atoms with Gasteiger partial charge in [0.25, 0.3) is 0 Å². The predicted molar refractivity (Wildman–Crippen MR) is 84.7 cm³/mol. The molecule has 3 rings (SSSR count). The Kier molecular flexibility index (Phi) is 5.38. The van der Waals surface area contributed by atoms with Gasteiger partial charge in [0, 0.05) is 19.6 Å². The fourth-order valence-corrected chi connectivity index (χ4v) is 3.13. The van der Waals surface area contributed by atoms with E-state index in [1.54, 1.807) is 0 Å². The second kappa shape index (κ2) is 7.49. The van der Waals surface area contributed by atoms with Gasteiger partial charge in [-0.3, -0.25) is 4.90 Å². The van der Waals surface area contributed by atoms with Crippen LogP contribution < -0.4 is 9.47 Å². The molecule has 1 saturated heterocycles. The summed E-state index contributed by atoms with van der Waals surface area (Å²) in [5.41, 5.74) is 1.01. The summed E-state index contributed by atoms with van der Waals surface area (Å²) >= 11 is 0. The summed E-state index contributed by atoms with van der Waals surface area (Å²) in [6, 6.07) is 5.75. The summed E-state index contributed by atoms with van der Waals surface area (Å²) in [4.78, 5) is 2.23. The third-order valence-corrected chi connectivity index (χ3v) is 3.98. The van der Waals surface area contributed by atoms with Crippen molar-refractivity contribution in [2.24, 2.45) is 0 Å². The Labute approximate surface area is 136 Å². The van der Waals surface area contributed by atoms with Crippen molar-refractivity contribution < 1.29 is 24.1 Å². The molecule has 0 aliphatic carbocycles. The van der Waals surface area contributed by atoms with Crippen LogP contribution in [0.1, 0.15) is 19.4 Å². The van der Waals surface area contributed by atoms with E-state index < -0.39 is 6.10 Å². The van der Waals surface area contributed by atoms with E-state index in [-0.39, 0.29) is 19.0 Å². The number of nitrogens with zero attached hydrogens (tertiary/aromatic N) is 1. The van der Waals surface area contributed by atoms with Gasteiger partial charge in [-0.15, -0.1) is 0 Å². The highest BCUT2D eigenvalue weighted by molar-refractivity contribution is 5.44. The molecule has 1 fully saturated rings. The van der Waals surface area contributed by atoms with Crippen LogP contribution in [0, 0.1) is 0 Å². The first-order valence-corrected chi connectivity index (χ1v) is 8.12. The van der Waals surface area contributed by atoms with E-state index in [0.717, 1.165) is 30.2 Å². The fraction of sp³-hybridized carbons (Fsp3) is 0.647. The lowest BCUT2D eigenvalue weighted by Crippen LogP contribution is -2.48. The van der Waals surface area contributed by atoms with Crippen molar-refractivity contribution in [1.82, 2.24) is 4.90 Å². The topological polar surface area (TPSA) is 60.4 Å². The molecule has 23 heavy (non-hydrogen) atoms. The number of morpholine rings is 1. The van der Waals surface area contributed by atoms with E-state index in [1.807, 2.05) is 18.2 Å². The van der Waals surface area contributed by atoms with Crippen molar-refractivity contribution in [2.75, 3.05) is 33.0 Å². The van der Waals surface area contributed by atoms with Crippen LogP contribution >= 0.6 is 0 Å². The molecule has 0 saturated carbocycles. The molecule has 2 heterocycles. The number of fused-ring (bicyclic) bond motifs is 1. The Hall–Kier alpha value is -1.34. The standard InChI is InChI=1S/C17H25NO5/c1-12-6-18(7-13(2)23-12)8-15(19)10-20-9-14-3-4-16-17(5-14)22-11-21-16/h3-5,12-13,15,19H,6-11H2,1-2H3/t12-,13-,15-/m0/s1. The predicted octanol–water partition coefficient (Wildman–Crippen LogP) is 1.40. The van der Waals surface area contributed by atoms with Crippen molar-refractivity contribution >= 4 is 0 Å². The molecule has 0 spiro atoms. The van der Waals surface area contributed by atoms with Crippen LogP contribution in [0.5, 0.6) is 11.5 Å². The first kappa shape index (κ1) is 16.5. The van der Waals surface area contributed by atoms with E-state index >= 15 is 0 Å². The van der Waals surface area contributed by atoms with E-state index in [9.17, 15) is 5.11 Å². The number of rotatable bonds is 6. The lowest BCUT2D eigenvalue weighted by atomic mass is 10.2. The molecule has 6 heteroatoms. The first-order chi connectivity index (χ1) is 11.1. The van der Waals surface area contributed by atoms with Gasteiger partial charge in [-0.2, -0.15) is 0 Å². The highest BCUT2D eigenvalue weighted by atomic mass is 16.7. The minimum Gasteiger partial charge on any atom is -0.454 e. The zero-order chi connectivity index (χ0) is 16.2. The van der Waals surface area contributed by atoms with Gasteiger partial charge in [0.15, 0.2) is 11.5 Å². The van der Waals surface area contributed by atoms with E-state index in [0.29, 0.717) is 19.8 Å². The maximum absolute atomic E-state index is 10.2. The van der Waals surface area contributed by atoms with E-state index in [2.05, 4.69) is 18.7 Å². The molecular weight excluding hydrogens is 298 g/mol. The summed E-state index contributed by atoms with van der Waals surface area (Å²) < 4.78 is 21.9. The number of benzene rings is 1. The molecule has 0 amide bonds. The summed E-state index contributed by atoms with van der Waals surface area (Å²) in [7, 11) is 0. The molecule has 1 aromatic rings. The lowest BCUT2D eigenvalue weighted by Gasteiger charge is -2.36. The van der Waals surface area contributed by atoms with E-state index in [4.69, 9.17) is 18.9 Å². The van der Waals surface area contributed by atoms with Crippen LogP contribution in [-0.2, 0) is 16.1 Å². The number of aliphatic hydroxyl groups excluding tert-OH is 1. The molecule has 2 aliphatic heterocycles. The van der Waals surface area contributed by atoms with Gasteiger partial charge >= 0.3 is 0 Å². The SMILES string of the molecule is C[C@H]1CN(C[C@H](O)COCc2ccc3c(c2)OCO3)C[C@H](C)O1. The smallest absolute Gasteiger partial charge is 0.231 e. The molecule has 1 N–H and O–H groups in total. The van der Waals surface area contributed by atoms with Crippen LogP contribution in [0.4, 0.5) is 0 Å². The molecular formula is C17H25NO5. The molecule has 2 aliphatic rings. The molecule has 0 aromatic heterocycles. The Morgan fingerprint density at radius 2 is 1.96 bits per heavy atom. The monoisotopic (exact) mass is 323 g/mol. The first-order valence-electron chi connectivity index (χ1n) is 8.12. The van der Waals surface area contributed by atoms with Gasteiger partial charge in [-0.1, -0.05) is 6.07 Å². The Bertz CT molecular complexity index is 514. The average Bonchev–Trinajstić information content (AvgIpc) is 2.93. The Balaban J connectivity index is 1.40. The quantitative estimate of drug-likeness (QED) is 0.854. The van der Waals surface area contributed by atoms with Crippen LogP contribution in [0.15, 0.2) is 18.2 Å². The van der Waals surface area contributed by atoms with Gasteiger partial charge in [0.1, 0.15) is 0 Å². The molecule has 3 atom stereocenters. The Morgan fingerprint density at radius 1 is 1.22 bits per heavy atom. The molecule has 128 valence electrons. The largest absolute Gasteiger partial charge is 0.454 e. The molecule has 0 bridgehead atoms. The second-order valence-electron chi connectivity index (χ2n) is 6.33. The summed E-state index contributed by atoms with van der Waals surface area (Å²) in [5.74, 6) is 1.52. The molecule has 6 nitrogen and oxygen atoms in total. The highest BCUT2D eigenvalue weighted by Crippen LogP contribution is 2.32. The summed E-state index contributed by atoms with van der Waals surface area (Å²) in [6.07, 6.45) is -0.0810. The van der Waals surface area contributed by atoms with Crippen LogP contribution in [0.25, 0.3) is 0 Å². The normalized spacial score (nSPS) is 25.5. The molecule has 0 radical (unpaired) electrons. The number of β-amino-alcohol motifs (C(OH)–C–C–N with tert-alkyl or cyclic N) is 1. The van der Waals surface area contributed by atoms with Crippen molar-refractivity contribution in [2.45, 2.75) is 38.8 Å². The minimum absolute atomic E-state index is 0.209. The van der Waals surface area contributed by atoms with Crippen molar-refractivity contribution in [3.63, 3.8) is 0 Å². The molecule has 1 aromatic carbocycles. The van der Waals surface area contributed by atoms with Gasteiger partial charge in [0.05, 0.1) is 31.5 Å². The summed E-state index contributed by atoms with van der Waals surface area (Å²) in [5, 5.41) is 10.2. The molecule has 0 unspecified atom stereocenters. The van der Waals surface area contributed by atoms with Crippen molar-refractivity contribution in [1.29, 1.82) is 0 Å². The van der Waals surface area contributed by atoms with Crippen molar-refractivity contribution in [3.05, 3.63) is 23.8 Å². The third kappa shape index (κ3) is 4.57. The van der Waals surface area contributed by atoms with Gasteiger partial charge in [-0.25, -0.2) is 0 Å². The third-order valence-electron chi connectivity index (χ3n) is 3.98. The number of aliphatic hydroxyl groups is 1. The van der Waals surface area contributed by atoms with Crippen molar-refractivity contribution in [3.8, 4) is 11.5 Å². The van der Waals surface area contributed by atoms with Gasteiger partial charge < -0.3 is 24.1 Å². The zero-order valence-corrected chi connectivity index (χ0v) is 13.7. The van der Waals surface area contributed by atoms with Gasteiger partial charge in [-0.05, 0) is 31.5 Å². The minimum atomic E-state index is -0.499. The van der Waals surface area contributed by atoms with E-state index in [1.165, 1.54) is 0 Å². The fourth-order valence-electron chi connectivity index (χ4n) is 3.13. The lowest BCUT2D eigenvalue weighted by molar-refractivity contribution is -0.0826. The van der Waals surface area contributed by atoms with Crippen LogP contribution in [-0.4, -0.2) is 61.4 Å². The van der Waals surface area contributed by atoms with Crippen LogP contribution in [0.2, 0.25) is 0 Å². The van der Waals surface area contributed by atoms with Crippen LogP contribution in [0.3, 0.4) is 0 Å². The second-order valence-corrected chi connectivity index (χ2v) is 6.33. The summed E-state index contributed by atoms with van der Waals surface area (Å²) in [6.45, 7) is 7.47.